The molecule has 0 spiro atoms. The van der Waals surface area contributed by atoms with Crippen molar-refractivity contribution in [2.75, 3.05) is 26.7 Å². The number of carbonyl (C=O) groups is 1. The Morgan fingerprint density at radius 1 is 1.30 bits per heavy atom. The highest BCUT2D eigenvalue weighted by Gasteiger charge is 2.38. The minimum atomic E-state index is -3.86. The van der Waals surface area contributed by atoms with E-state index in [9.17, 15) is 18.3 Å². The van der Waals surface area contributed by atoms with Gasteiger partial charge in [-0.3, -0.25) is 4.79 Å². The van der Waals surface area contributed by atoms with Crippen LogP contribution < -0.4 is 4.74 Å². The lowest BCUT2D eigenvalue weighted by Gasteiger charge is -2.38. The highest BCUT2D eigenvalue weighted by Crippen LogP contribution is 2.35. The molecule has 8 heteroatoms. The third-order valence-electron chi connectivity index (χ3n) is 6.83. The third-order valence-corrected chi connectivity index (χ3v) is 8.85. The number of aliphatic hydroxyl groups excluding tert-OH is 1. The van der Waals surface area contributed by atoms with Crippen molar-refractivity contribution in [3.63, 3.8) is 0 Å². The molecule has 1 heterocycles. The lowest BCUT2D eigenvalue weighted by Crippen LogP contribution is -2.50. The first kappa shape index (κ1) is 25.7. The maximum atomic E-state index is 13.5. The Kier molecular flexibility index (Phi) is 8.59. The molecule has 1 aliphatic heterocycles. The smallest absolute Gasteiger partial charge is 0.247 e. The topological polar surface area (TPSA) is 87.2 Å². The molecule has 0 radical (unpaired) electrons. The molecule has 1 N–H and O–H groups in total. The van der Waals surface area contributed by atoms with Crippen LogP contribution in [0.3, 0.4) is 0 Å². The van der Waals surface area contributed by atoms with E-state index in [0.29, 0.717) is 6.54 Å². The Morgan fingerprint density at radius 3 is 2.64 bits per heavy atom. The Hall–Kier alpha value is -1.90. The number of sulfonamides is 1. The second-order valence-electron chi connectivity index (χ2n) is 9.50. The van der Waals surface area contributed by atoms with Gasteiger partial charge in [-0.1, -0.05) is 44.4 Å². The van der Waals surface area contributed by atoms with E-state index in [1.807, 2.05) is 33.0 Å². The van der Waals surface area contributed by atoms with Crippen LogP contribution in [0.2, 0.25) is 0 Å². The molecule has 1 amide bonds. The monoisotopic (exact) mass is 478 g/mol. The lowest BCUT2D eigenvalue weighted by atomic mass is 9.88. The van der Waals surface area contributed by atoms with Crippen LogP contribution in [0.25, 0.3) is 6.08 Å². The van der Waals surface area contributed by atoms with Gasteiger partial charge in [-0.15, -0.1) is 0 Å². The van der Waals surface area contributed by atoms with E-state index >= 15 is 0 Å². The van der Waals surface area contributed by atoms with Gasteiger partial charge in [0.2, 0.25) is 15.9 Å². The molecule has 1 saturated carbocycles. The number of fused-ring (bicyclic) bond motifs is 1. The first-order chi connectivity index (χ1) is 15.7. The summed E-state index contributed by atoms with van der Waals surface area (Å²) in [6.45, 7) is 5.85. The largest absolute Gasteiger partial charge is 0.487 e. The van der Waals surface area contributed by atoms with Crippen LogP contribution in [0.1, 0.15) is 58.4 Å². The standard InChI is InChI=1S/C25H38N2O5S/c1-5-9-20-12-13-24-22(14-20)32-23(16-26(4)25(29)21-10-7-6-8-11-21)18(2)15-27(19(3)17-28)33(24,30)31/h5,9,12-14,18-19,21,23,28H,6-8,10-11,15-17H2,1-4H3/t18-,19+,23+/m0/s1. The van der Waals surface area contributed by atoms with Crippen molar-refractivity contribution in [1.29, 1.82) is 0 Å². The Balaban J connectivity index is 1.95. The van der Waals surface area contributed by atoms with E-state index in [1.54, 1.807) is 30.0 Å². The average molecular weight is 479 g/mol. The number of allylic oxidation sites excluding steroid dienone is 1. The van der Waals surface area contributed by atoms with Crippen LogP contribution >= 0.6 is 0 Å². The van der Waals surface area contributed by atoms with Gasteiger partial charge in [-0.05, 0) is 44.4 Å². The van der Waals surface area contributed by atoms with Crippen LogP contribution in [0.4, 0.5) is 0 Å². The number of nitrogens with zero attached hydrogens (tertiary/aromatic N) is 2. The summed E-state index contributed by atoms with van der Waals surface area (Å²) < 4.78 is 34.7. The lowest BCUT2D eigenvalue weighted by molar-refractivity contribution is -0.136. The Morgan fingerprint density at radius 2 is 2.00 bits per heavy atom. The number of benzene rings is 1. The molecule has 1 aromatic rings. The van der Waals surface area contributed by atoms with Crippen molar-refractivity contribution in [2.24, 2.45) is 11.8 Å². The second-order valence-corrected chi connectivity index (χ2v) is 11.4. The zero-order valence-electron chi connectivity index (χ0n) is 20.2. The quantitative estimate of drug-likeness (QED) is 0.676. The molecule has 7 nitrogen and oxygen atoms in total. The zero-order valence-corrected chi connectivity index (χ0v) is 21.1. The number of rotatable bonds is 6. The maximum Gasteiger partial charge on any atom is 0.247 e. The minimum absolute atomic E-state index is 0.0625. The first-order valence-electron chi connectivity index (χ1n) is 12.0. The number of hydrogen-bond acceptors (Lipinski definition) is 5. The number of likely N-dealkylation sites (N-methyl/N-ethyl adjacent to an activating group) is 1. The van der Waals surface area contributed by atoms with E-state index in [-0.39, 0.29) is 47.6 Å². The van der Waals surface area contributed by atoms with Gasteiger partial charge >= 0.3 is 0 Å². The maximum absolute atomic E-state index is 13.5. The normalized spacial score (nSPS) is 25.0. The molecular weight excluding hydrogens is 440 g/mol. The number of amides is 1. The van der Waals surface area contributed by atoms with E-state index < -0.39 is 16.1 Å². The summed E-state index contributed by atoms with van der Waals surface area (Å²) in [4.78, 5) is 14.9. The van der Waals surface area contributed by atoms with Crippen LogP contribution in [0.15, 0.2) is 29.2 Å². The molecule has 2 aliphatic rings. The third kappa shape index (κ3) is 5.78. The van der Waals surface area contributed by atoms with Gasteiger partial charge in [0.05, 0.1) is 13.2 Å². The van der Waals surface area contributed by atoms with Crippen LogP contribution in [0.5, 0.6) is 5.75 Å². The summed E-state index contributed by atoms with van der Waals surface area (Å²) in [6.07, 6.45) is 8.62. The molecule has 0 aromatic heterocycles. The van der Waals surface area contributed by atoms with Crippen LogP contribution in [0, 0.1) is 11.8 Å². The van der Waals surface area contributed by atoms with Crippen molar-refractivity contribution in [3.05, 3.63) is 29.8 Å². The van der Waals surface area contributed by atoms with Crippen molar-refractivity contribution >= 4 is 22.0 Å². The first-order valence-corrected chi connectivity index (χ1v) is 13.4. The van der Waals surface area contributed by atoms with E-state index in [4.69, 9.17) is 4.74 Å². The Bertz CT molecular complexity index is 956. The fraction of sp³-hybridized carbons (Fsp3) is 0.640. The van der Waals surface area contributed by atoms with Gasteiger partial charge in [0.15, 0.2) is 0 Å². The molecule has 3 atom stereocenters. The van der Waals surface area contributed by atoms with Crippen molar-refractivity contribution < 1.29 is 23.1 Å². The fourth-order valence-electron chi connectivity index (χ4n) is 4.78. The van der Waals surface area contributed by atoms with Crippen LogP contribution in [-0.4, -0.2) is 67.5 Å². The molecule has 0 bridgehead atoms. The molecule has 1 aromatic carbocycles. The van der Waals surface area contributed by atoms with Gasteiger partial charge in [-0.2, -0.15) is 4.31 Å². The molecule has 1 fully saturated rings. The van der Waals surface area contributed by atoms with Crippen molar-refractivity contribution in [2.45, 2.75) is 69.9 Å². The second kappa shape index (κ2) is 11.0. The van der Waals surface area contributed by atoms with Crippen molar-refractivity contribution in [1.82, 2.24) is 9.21 Å². The predicted octanol–water partition coefficient (Wildman–Crippen LogP) is 3.53. The van der Waals surface area contributed by atoms with Gasteiger partial charge in [-0.25, -0.2) is 8.42 Å². The van der Waals surface area contributed by atoms with Gasteiger partial charge < -0.3 is 14.7 Å². The highest BCUT2D eigenvalue weighted by molar-refractivity contribution is 7.89. The average Bonchev–Trinajstić information content (AvgIpc) is 2.81. The minimum Gasteiger partial charge on any atom is -0.487 e. The van der Waals surface area contributed by atoms with Gasteiger partial charge in [0.1, 0.15) is 16.7 Å². The fourth-order valence-corrected chi connectivity index (χ4v) is 6.60. The molecular formula is C25H38N2O5S. The summed E-state index contributed by atoms with van der Waals surface area (Å²) in [5, 5.41) is 9.76. The number of ether oxygens (including phenoxy) is 1. The van der Waals surface area contributed by atoms with E-state index in [2.05, 4.69) is 0 Å². The molecule has 184 valence electrons. The summed E-state index contributed by atoms with van der Waals surface area (Å²) in [6, 6.07) is 4.49. The summed E-state index contributed by atoms with van der Waals surface area (Å²) in [5.41, 5.74) is 0.840. The number of hydrogen-bond donors (Lipinski definition) is 1. The molecule has 33 heavy (non-hydrogen) atoms. The SMILES string of the molecule is CC=Cc1ccc2c(c1)O[C@H](CN(C)C(=O)C1CCCCC1)[C@@H](C)CN([C@H](C)CO)S2(=O)=O. The number of aliphatic hydroxyl groups is 1. The molecule has 0 saturated heterocycles. The molecule has 3 rings (SSSR count). The van der Waals surface area contributed by atoms with Crippen LogP contribution in [-0.2, 0) is 14.8 Å². The number of carbonyl (C=O) groups excluding carboxylic acids is 1. The van der Waals surface area contributed by atoms with E-state index in [1.165, 1.54) is 10.7 Å². The molecule has 1 aliphatic carbocycles. The zero-order chi connectivity index (χ0) is 24.2. The Labute approximate surface area is 198 Å². The summed E-state index contributed by atoms with van der Waals surface area (Å²) >= 11 is 0. The molecule has 0 unspecified atom stereocenters. The predicted molar refractivity (Wildman–Crippen MR) is 129 cm³/mol. The van der Waals surface area contributed by atoms with Gasteiger partial charge in [0, 0.05) is 31.5 Å². The summed E-state index contributed by atoms with van der Waals surface area (Å²) in [7, 11) is -2.05. The highest BCUT2D eigenvalue weighted by atomic mass is 32.2. The van der Waals surface area contributed by atoms with Crippen molar-refractivity contribution in [3.8, 4) is 5.75 Å². The van der Waals surface area contributed by atoms with Gasteiger partial charge in [0.25, 0.3) is 0 Å². The van der Waals surface area contributed by atoms with E-state index in [0.717, 1.165) is 31.2 Å². The summed E-state index contributed by atoms with van der Waals surface area (Å²) in [5.74, 6) is 0.306.